The van der Waals surface area contributed by atoms with Gasteiger partial charge in [-0.25, -0.2) is 8.78 Å². The Hall–Kier alpha value is -2.26. The minimum atomic E-state index is -2.17. The molecule has 2 N–H and O–H groups in total. The van der Waals surface area contributed by atoms with Crippen LogP contribution >= 0.6 is 11.3 Å². The maximum absolute atomic E-state index is 17.5. The molecule has 0 bridgehead atoms. The number of rotatable bonds is 4. The number of ketones is 2. The van der Waals surface area contributed by atoms with Crippen LogP contribution in [0.25, 0.3) is 10.1 Å². The highest BCUT2D eigenvalue weighted by atomic mass is 32.1. The number of likely N-dealkylation sites (tertiary alicyclic amines) is 1. The first kappa shape index (κ1) is 26.6. The van der Waals surface area contributed by atoms with E-state index in [9.17, 15) is 19.8 Å². The molecule has 2 heterocycles. The van der Waals surface area contributed by atoms with E-state index in [4.69, 9.17) is 0 Å². The molecule has 5 nitrogen and oxygen atoms in total. The van der Waals surface area contributed by atoms with Gasteiger partial charge in [0.15, 0.2) is 17.2 Å². The summed E-state index contributed by atoms with van der Waals surface area (Å²) in [5.41, 5.74) is -5.26. The van der Waals surface area contributed by atoms with Crippen molar-refractivity contribution in [3.8, 4) is 0 Å². The average Bonchev–Trinajstić information content (AvgIpc) is 3.56. The first-order chi connectivity index (χ1) is 19.0. The van der Waals surface area contributed by atoms with Crippen LogP contribution in [0.15, 0.2) is 54.1 Å². The summed E-state index contributed by atoms with van der Waals surface area (Å²) in [6.45, 7) is 4.69. The molecule has 4 fully saturated rings. The van der Waals surface area contributed by atoms with Crippen LogP contribution in [0.4, 0.5) is 8.78 Å². The molecule has 40 heavy (non-hydrogen) atoms. The fourth-order valence-electron chi connectivity index (χ4n) is 9.97. The van der Waals surface area contributed by atoms with Crippen molar-refractivity contribution in [1.82, 2.24) is 4.90 Å². The van der Waals surface area contributed by atoms with Crippen LogP contribution in [0.2, 0.25) is 0 Å². The molecule has 0 amide bonds. The number of Topliss-reactive ketones (excluding diaryl/α,β-unsaturated/α-hetero) is 1. The summed E-state index contributed by atoms with van der Waals surface area (Å²) in [7, 11) is 0. The van der Waals surface area contributed by atoms with Crippen molar-refractivity contribution in [3.63, 3.8) is 0 Å². The lowest BCUT2D eigenvalue weighted by Gasteiger charge is -2.63. The van der Waals surface area contributed by atoms with E-state index in [1.807, 2.05) is 19.1 Å². The molecule has 1 aromatic carbocycles. The molecule has 1 aromatic heterocycles. The molecule has 0 unspecified atom stereocenters. The normalized spacial score (nSPS) is 44.2. The van der Waals surface area contributed by atoms with Gasteiger partial charge in [-0.05, 0) is 78.7 Å². The van der Waals surface area contributed by atoms with Crippen LogP contribution in [0, 0.1) is 34.0 Å². The van der Waals surface area contributed by atoms with Gasteiger partial charge in [-0.15, -0.1) is 11.3 Å². The van der Waals surface area contributed by atoms with Crippen LogP contribution in [0.3, 0.4) is 0 Å². The smallest absolute Gasteiger partial charge is 0.178 e. The van der Waals surface area contributed by atoms with Crippen molar-refractivity contribution in [2.45, 2.75) is 57.6 Å². The highest BCUT2D eigenvalue weighted by Gasteiger charge is 2.78. The molecule has 9 atom stereocenters. The zero-order valence-electron chi connectivity index (χ0n) is 22.8. The molecule has 3 saturated carbocycles. The third-order valence-electron chi connectivity index (χ3n) is 11.7. The summed E-state index contributed by atoms with van der Waals surface area (Å²) < 4.78 is 34.5. The fraction of sp³-hybridized carbons (Fsp3) is 0.562. The lowest BCUT2D eigenvalue weighted by Crippen LogP contribution is -2.69. The van der Waals surface area contributed by atoms with Gasteiger partial charge >= 0.3 is 0 Å². The molecule has 0 radical (unpaired) electrons. The summed E-state index contributed by atoms with van der Waals surface area (Å²) in [4.78, 5) is 29.3. The quantitative estimate of drug-likeness (QED) is 0.555. The number of nitrogens with zero attached hydrogens (tertiary/aromatic N) is 1. The van der Waals surface area contributed by atoms with Crippen molar-refractivity contribution in [3.05, 3.63) is 59.0 Å². The molecule has 212 valence electrons. The van der Waals surface area contributed by atoms with E-state index in [1.54, 1.807) is 18.3 Å². The largest absolute Gasteiger partial charge is 0.390 e. The second-order valence-corrected chi connectivity index (χ2v) is 14.4. The predicted molar refractivity (Wildman–Crippen MR) is 149 cm³/mol. The maximum atomic E-state index is 17.5. The molecule has 2 aromatic rings. The third-order valence-corrected chi connectivity index (χ3v) is 12.8. The van der Waals surface area contributed by atoms with Crippen LogP contribution < -0.4 is 0 Å². The van der Waals surface area contributed by atoms with Crippen molar-refractivity contribution >= 4 is 33.0 Å². The molecule has 0 spiro atoms. The van der Waals surface area contributed by atoms with E-state index in [-0.39, 0.29) is 41.8 Å². The summed E-state index contributed by atoms with van der Waals surface area (Å²) >= 11 is 1.73. The van der Waals surface area contributed by atoms with Crippen LogP contribution in [0.1, 0.15) is 38.0 Å². The Morgan fingerprint density at radius 2 is 1.98 bits per heavy atom. The zero-order valence-corrected chi connectivity index (χ0v) is 23.6. The van der Waals surface area contributed by atoms with Crippen molar-refractivity contribution in [2.24, 2.45) is 34.0 Å². The number of thiophene rings is 1. The highest BCUT2D eigenvalue weighted by Crippen LogP contribution is 2.74. The van der Waals surface area contributed by atoms with E-state index >= 15 is 8.78 Å². The minimum Gasteiger partial charge on any atom is -0.390 e. The van der Waals surface area contributed by atoms with Gasteiger partial charge in [0, 0.05) is 40.5 Å². The van der Waals surface area contributed by atoms with Crippen LogP contribution in [-0.4, -0.2) is 64.3 Å². The Bertz CT molecular complexity index is 1450. The molecule has 1 saturated heterocycles. The first-order valence-electron chi connectivity index (χ1n) is 14.3. The van der Waals surface area contributed by atoms with Crippen molar-refractivity contribution < 1.29 is 28.6 Å². The van der Waals surface area contributed by atoms with E-state index < -0.39 is 46.7 Å². The number of hydrogen-bond acceptors (Lipinski definition) is 6. The lowest BCUT2D eigenvalue weighted by molar-refractivity contribution is -0.212. The van der Waals surface area contributed by atoms with Crippen molar-refractivity contribution in [1.29, 1.82) is 0 Å². The number of aliphatic hydroxyl groups is 2. The van der Waals surface area contributed by atoms with Crippen LogP contribution in [0.5, 0.6) is 0 Å². The molecule has 7 rings (SSSR count). The minimum absolute atomic E-state index is 0.0469. The van der Waals surface area contributed by atoms with Gasteiger partial charge in [-0.2, -0.15) is 0 Å². The summed E-state index contributed by atoms with van der Waals surface area (Å²) in [6.07, 6.45) is 1.45. The highest BCUT2D eigenvalue weighted by molar-refractivity contribution is 7.19. The monoisotopic (exact) mass is 567 g/mol. The first-order valence-corrected chi connectivity index (χ1v) is 15.1. The fourth-order valence-corrected chi connectivity index (χ4v) is 11.1. The Labute approximate surface area is 236 Å². The van der Waals surface area contributed by atoms with Gasteiger partial charge < -0.3 is 10.2 Å². The van der Waals surface area contributed by atoms with Gasteiger partial charge in [-0.3, -0.25) is 14.5 Å². The number of carbonyl (C=O) groups is 2. The Morgan fingerprint density at radius 1 is 1.20 bits per heavy atom. The molecular weight excluding hydrogens is 532 g/mol. The van der Waals surface area contributed by atoms with Gasteiger partial charge in [0.2, 0.25) is 0 Å². The second-order valence-electron chi connectivity index (χ2n) is 13.3. The van der Waals surface area contributed by atoms with E-state index in [0.29, 0.717) is 26.1 Å². The topological polar surface area (TPSA) is 77.8 Å². The number of aliphatic hydroxyl groups excluding tert-OH is 2. The van der Waals surface area contributed by atoms with Gasteiger partial charge in [0.25, 0.3) is 0 Å². The predicted octanol–water partition coefficient (Wildman–Crippen LogP) is 4.81. The molecular formula is C32H35F2NO4S. The molecule has 5 aliphatic rings. The average molecular weight is 568 g/mol. The standard InChI is InChI=1S/C32H35F2NO4S/c1-29-8-7-20(37)11-24(29)25(33)12-23-22-10-19-14-35(15-21-9-18-5-3-4-6-26(18)40-21)17-31(19,28(39)16-36)30(22,2)13-27(38)32(23,29)34/h3-9,11,19,22-23,25,27,36,38H,10,12-17H2,1-2H3/t19-,22-,23-,25-,27-,29-,30-,31+,32-/m0/s1. The SMILES string of the molecule is C[C@]12C=CC(=O)C=C1[C@@H](F)C[C@H]1[C@@H]3C[C@H]4CN(Cc5cc6ccccc6s5)C[C@@]4(C(=O)CO)[C@@]3(C)C[C@H](O)[C@@]12F. The van der Waals surface area contributed by atoms with E-state index in [2.05, 4.69) is 23.1 Å². The number of allylic oxidation sites excluding steroid dienone is 4. The lowest BCUT2D eigenvalue weighted by atomic mass is 9.43. The maximum Gasteiger partial charge on any atom is 0.178 e. The summed E-state index contributed by atoms with van der Waals surface area (Å²) in [5, 5.41) is 23.1. The molecule has 8 heteroatoms. The number of hydrogen-bond donors (Lipinski definition) is 2. The van der Waals surface area contributed by atoms with E-state index in [0.717, 1.165) is 0 Å². The number of alkyl halides is 2. The van der Waals surface area contributed by atoms with Crippen molar-refractivity contribution in [2.75, 3.05) is 19.7 Å². The number of carbonyl (C=O) groups excluding carboxylic acids is 2. The van der Waals surface area contributed by atoms with Gasteiger partial charge in [-0.1, -0.05) is 31.2 Å². The number of halogens is 2. The van der Waals surface area contributed by atoms with Crippen LogP contribution in [-0.2, 0) is 16.1 Å². The number of fused-ring (bicyclic) bond motifs is 8. The molecule has 4 aliphatic carbocycles. The summed E-state index contributed by atoms with van der Waals surface area (Å²) in [5.74, 6) is -1.91. The Kier molecular flexibility index (Phi) is 5.75. The number of benzene rings is 1. The van der Waals surface area contributed by atoms with Gasteiger partial charge in [0.05, 0.1) is 11.5 Å². The molecule has 1 aliphatic heterocycles. The van der Waals surface area contributed by atoms with E-state index in [1.165, 1.54) is 33.2 Å². The second kappa shape index (κ2) is 8.63. The third kappa shape index (κ3) is 3.17. The van der Waals surface area contributed by atoms with Gasteiger partial charge in [0.1, 0.15) is 12.8 Å². The Morgan fingerprint density at radius 3 is 2.73 bits per heavy atom. The summed E-state index contributed by atoms with van der Waals surface area (Å²) in [6, 6.07) is 10.4. The Balaban J connectivity index is 1.26. The zero-order chi connectivity index (χ0) is 28.2.